The lowest BCUT2D eigenvalue weighted by Crippen LogP contribution is -2.08. The maximum absolute atomic E-state index is 13.3. The van der Waals surface area contributed by atoms with E-state index >= 15 is 0 Å². The van der Waals surface area contributed by atoms with E-state index in [0.717, 1.165) is 18.2 Å². The zero-order chi connectivity index (χ0) is 15.6. The summed E-state index contributed by atoms with van der Waals surface area (Å²) in [4.78, 5) is 10.5. The molecule has 2 rings (SSSR count). The summed E-state index contributed by atoms with van der Waals surface area (Å²) in [6.45, 7) is 0. The molecular formula is C14H11FO5S. The van der Waals surface area contributed by atoms with Crippen LogP contribution in [0.3, 0.4) is 0 Å². The molecule has 0 unspecified atom stereocenters. The van der Waals surface area contributed by atoms with Crippen molar-refractivity contribution in [3.05, 3.63) is 59.4 Å². The second kappa shape index (κ2) is 5.53. The van der Waals surface area contributed by atoms with E-state index in [4.69, 9.17) is 5.11 Å². The third-order valence-corrected chi connectivity index (χ3v) is 4.48. The fourth-order valence-electron chi connectivity index (χ4n) is 1.81. The Kier molecular flexibility index (Phi) is 3.95. The Hall–Kier alpha value is -2.41. The molecule has 0 amide bonds. The molecule has 2 aromatic carbocycles. The maximum atomic E-state index is 13.3. The highest BCUT2D eigenvalue weighted by Gasteiger charge is 2.20. The average molecular weight is 310 g/mol. The van der Waals surface area contributed by atoms with Gasteiger partial charge in [0, 0.05) is 0 Å². The van der Waals surface area contributed by atoms with Gasteiger partial charge in [-0.25, -0.2) is 17.6 Å². The zero-order valence-electron chi connectivity index (χ0n) is 10.7. The first-order valence-electron chi connectivity index (χ1n) is 5.83. The molecule has 0 radical (unpaired) electrons. The van der Waals surface area contributed by atoms with Crippen molar-refractivity contribution in [1.82, 2.24) is 0 Å². The first-order chi connectivity index (χ1) is 9.79. The summed E-state index contributed by atoms with van der Waals surface area (Å²) in [5, 5.41) is 18.1. The van der Waals surface area contributed by atoms with Gasteiger partial charge in [-0.2, -0.15) is 0 Å². The van der Waals surface area contributed by atoms with Crippen LogP contribution in [0.15, 0.2) is 47.4 Å². The Labute approximate surface area is 120 Å². The second-order valence-electron chi connectivity index (χ2n) is 4.38. The molecule has 7 heteroatoms. The van der Waals surface area contributed by atoms with Gasteiger partial charge in [0.2, 0.25) is 0 Å². The van der Waals surface area contributed by atoms with Crippen molar-refractivity contribution in [3.63, 3.8) is 0 Å². The Bertz CT molecular complexity index is 799. The molecule has 0 saturated carbocycles. The topological polar surface area (TPSA) is 91.7 Å². The predicted octanol–water partition coefficient (Wildman–Crippen LogP) is 2.20. The quantitative estimate of drug-likeness (QED) is 0.845. The molecule has 5 nitrogen and oxygen atoms in total. The number of sulfone groups is 1. The zero-order valence-corrected chi connectivity index (χ0v) is 11.5. The van der Waals surface area contributed by atoms with Gasteiger partial charge in [-0.15, -0.1) is 0 Å². The van der Waals surface area contributed by atoms with Gasteiger partial charge in [0.05, 0.1) is 16.2 Å². The molecule has 0 aliphatic carbocycles. The molecule has 0 aliphatic heterocycles. The predicted molar refractivity (Wildman–Crippen MR) is 72.4 cm³/mol. The number of carboxylic acid groups (broad SMARTS) is 1. The molecule has 0 aliphatic rings. The number of carbonyl (C=O) groups is 1. The minimum Gasteiger partial charge on any atom is -0.508 e. The highest BCUT2D eigenvalue weighted by molar-refractivity contribution is 7.90. The second-order valence-corrected chi connectivity index (χ2v) is 6.37. The molecule has 2 aromatic rings. The van der Waals surface area contributed by atoms with Crippen LogP contribution in [0.4, 0.5) is 4.39 Å². The van der Waals surface area contributed by atoms with Crippen LogP contribution in [-0.4, -0.2) is 24.6 Å². The lowest BCUT2D eigenvalue weighted by Gasteiger charge is -2.07. The summed E-state index contributed by atoms with van der Waals surface area (Å²) < 4.78 is 37.7. The molecule has 0 atom stereocenters. The van der Waals surface area contributed by atoms with E-state index in [1.54, 1.807) is 0 Å². The van der Waals surface area contributed by atoms with E-state index < -0.39 is 32.9 Å². The number of hydrogen-bond acceptors (Lipinski definition) is 4. The highest BCUT2D eigenvalue weighted by atomic mass is 32.2. The van der Waals surface area contributed by atoms with Crippen molar-refractivity contribution in [2.24, 2.45) is 0 Å². The van der Waals surface area contributed by atoms with Gasteiger partial charge in [0.1, 0.15) is 11.6 Å². The number of benzene rings is 2. The van der Waals surface area contributed by atoms with Gasteiger partial charge < -0.3 is 10.2 Å². The first kappa shape index (κ1) is 15.0. The largest absolute Gasteiger partial charge is 0.508 e. The standard InChI is InChI=1S/C14H11FO5S/c15-13-5-4-11(7-12(13)14(17)18)21(19,20)8-9-2-1-3-10(16)6-9/h1-7,16H,8H2,(H,17,18). The van der Waals surface area contributed by atoms with Crippen LogP contribution in [0, 0.1) is 5.82 Å². The van der Waals surface area contributed by atoms with Gasteiger partial charge in [0.25, 0.3) is 0 Å². The van der Waals surface area contributed by atoms with Crippen LogP contribution in [-0.2, 0) is 15.6 Å². The lowest BCUT2D eigenvalue weighted by molar-refractivity contribution is 0.0691. The van der Waals surface area contributed by atoms with Crippen molar-refractivity contribution in [1.29, 1.82) is 0 Å². The molecule has 21 heavy (non-hydrogen) atoms. The molecule has 2 N–H and O–H groups in total. The van der Waals surface area contributed by atoms with E-state index in [-0.39, 0.29) is 10.6 Å². The molecule has 0 fully saturated rings. The summed E-state index contributed by atoms with van der Waals surface area (Å²) in [5.41, 5.74) is -0.358. The maximum Gasteiger partial charge on any atom is 0.338 e. The Morgan fingerprint density at radius 1 is 1.14 bits per heavy atom. The minimum absolute atomic E-state index is 0.0759. The van der Waals surface area contributed by atoms with Crippen LogP contribution in [0.1, 0.15) is 15.9 Å². The SMILES string of the molecule is O=C(O)c1cc(S(=O)(=O)Cc2cccc(O)c2)ccc1F. The average Bonchev–Trinajstić information content (AvgIpc) is 2.38. The van der Waals surface area contributed by atoms with Crippen molar-refractivity contribution < 1.29 is 27.8 Å². The van der Waals surface area contributed by atoms with Crippen LogP contribution in [0.25, 0.3) is 0 Å². The van der Waals surface area contributed by atoms with Crippen molar-refractivity contribution in [2.75, 3.05) is 0 Å². The van der Waals surface area contributed by atoms with E-state index in [1.165, 1.54) is 24.3 Å². The highest BCUT2D eigenvalue weighted by Crippen LogP contribution is 2.21. The number of hydrogen-bond donors (Lipinski definition) is 2. The van der Waals surface area contributed by atoms with Crippen LogP contribution in [0.5, 0.6) is 5.75 Å². The number of rotatable bonds is 4. The summed E-state index contributed by atoms with van der Waals surface area (Å²) in [7, 11) is -3.84. The van der Waals surface area contributed by atoms with E-state index in [2.05, 4.69) is 0 Å². The lowest BCUT2D eigenvalue weighted by atomic mass is 10.2. The first-order valence-corrected chi connectivity index (χ1v) is 7.48. The molecule has 0 bridgehead atoms. The fourth-order valence-corrected chi connectivity index (χ4v) is 3.17. The van der Waals surface area contributed by atoms with Crippen LogP contribution < -0.4 is 0 Å². The normalized spacial score (nSPS) is 11.3. The Morgan fingerprint density at radius 3 is 2.48 bits per heavy atom. The third kappa shape index (κ3) is 3.38. The molecule has 0 heterocycles. The monoisotopic (exact) mass is 310 g/mol. The molecular weight excluding hydrogens is 299 g/mol. The number of aromatic carboxylic acids is 1. The molecule has 0 aromatic heterocycles. The summed E-state index contributed by atoms with van der Waals surface area (Å²) >= 11 is 0. The number of carboxylic acids is 1. The molecule has 110 valence electrons. The van der Waals surface area contributed by atoms with Crippen molar-refractivity contribution >= 4 is 15.8 Å². The van der Waals surface area contributed by atoms with E-state index in [1.807, 2.05) is 0 Å². The number of phenolic OH excluding ortho intramolecular Hbond substituents is 1. The Morgan fingerprint density at radius 2 is 1.86 bits per heavy atom. The molecule has 0 saturated heterocycles. The Balaban J connectivity index is 2.40. The summed E-state index contributed by atoms with van der Waals surface area (Å²) in [6, 6.07) is 8.30. The smallest absolute Gasteiger partial charge is 0.338 e. The minimum atomic E-state index is -3.84. The van der Waals surface area contributed by atoms with Crippen molar-refractivity contribution in [2.45, 2.75) is 10.6 Å². The third-order valence-electron chi connectivity index (χ3n) is 2.79. The van der Waals surface area contributed by atoms with Crippen molar-refractivity contribution in [3.8, 4) is 5.75 Å². The summed E-state index contributed by atoms with van der Waals surface area (Å²) in [5.74, 6) is -3.04. The number of aromatic hydroxyl groups is 1. The van der Waals surface area contributed by atoms with Gasteiger partial charge in [-0.05, 0) is 35.9 Å². The number of halogens is 1. The fraction of sp³-hybridized carbons (Fsp3) is 0.0714. The summed E-state index contributed by atoms with van der Waals surface area (Å²) in [6.07, 6.45) is 0. The number of phenols is 1. The van der Waals surface area contributed by atoms with Crippen LogP contribution >= 0.6 is 0 Å². The molecule has 0 spiro atoms. The van der Waals surface area contributed by atoms with Gasteiger partial charge in [0.15, 0.2) is 9.84 Å². The van der Waals surface area contributed by atoms with E-state index in [0.29, 0.717) is 5.56 Å². The van der Waals surface area contributed by atoms with Crippen LogP contribution in [0.2, 0.25) is 0 Å². The van der Waals surface area contributed by atoms with Gasteiger partial charge in [-0.1, -0.05) is 12.1 Å². The van der Waals surface area contributed by atoms with Gasteiger partial charge >= 0.3 is 5.97 Å². The van der Waals surface area contributed by atoms with Gasteiger partial charge in [-0.3, -0.25) is 0 Å². The van der Waals surface area contributed by atoms with E-state index in [9.17, 15) is 22.7 Å².